The van der Waals surface area contributed by atoms with Gasteiger partial charge in [-0.15, -0.1) is 11.3 Å². The molecule has 0 fully saturated rings. The minimum absolute atomic E-state index is 0.0271. The SMILES string of the molecule is CC[C@@H]1NC(=O)[C@@H](C)NC(=O)c2csc(n2)[C@H](C(C)C)NC(=O)CN(C(=O)c2cc[nH]c2)C[C@H](Cc2ccccc2)NC(=O)[C@H](CCSC)NC1=O. The first-order chi connectivity index (χ1) is 24.9. The monoisotopic (exact) mass is 752 g/mol. The van der Waals surface area contributed by atoms with Crippen LogP contribution >= 0.6 is 23.1 Å². The number of hydrogen-bond donors (Lipinski definition) is 6. The number of carbonyl (C=O) groups is 6. The molecule has 3 heterocycles. The van der Waals surface area contributed by atoms with E-state index in [4.69, 9.17) is 0 Å². The first-order valence-electron chi connectivity index (χ1n) is 17.3. The summed E-state index contributed by atoms with van der Waals surface area (Å²) in [5.74, 6) is -2.64. The van der Waals surface area contributed by atoms with Crippen LogP contribution in [0, 0.1) is 5.92 Å². The van der Waals surface area contributed by atoms with Gasteiger partial charge in [0.05, 0.1) is 24.2 Å². The minimum Gasteiger partial charge on any atom is -0.367 e. The number of H-pyrrole nitrogens is 1. The predicted octanol–water partition coefficient (Wildman–Crippen LogP) is 2.42. The van der Waals surface area contributed by atoms with Crippen molar-refractivity contribution in [2.24, 2.45) is 5.92 Å². The number of carbonyl (C=O) groups excluding carboxylic acids is 6. The molecule has 6 amide bonds. The van der Waals surface area contributed by atoms with E-state index in [0.29, 0.717) is 29.2 Å². The minimum atomic E-state index is -1.01. The van der Waals surface area contributed by atoms with Gasteiger partial charge in [0.1, 0.15) is 28.8 Å². The van der Waals surface area contributed by atoms with E-state index in [9.17, 15) is 28.8 Å². The van der Waals surface area contributed by atoms with Crippen molar-refractivity contribution in [2.45, 2.75) is 77.2 Å². The van der Waals surface area contributed by atoms with E-state index in [-0.39, 0.29) is 31.1 Å². The quantitative estimate of drug-likeness (QED) is 0.202. The number of aromatic nitrogens is 2. The number of fused-ring (bicyclic) bond motifs is 2. The molecule has 0 saturated heterocycles. The van der Waals surface area contributed by atoms with E-state index >= 15 is 0 Å². The number of nitrogens with one attached hydrogen (secondary N) is 6. The highest BCUT2D eigenvalue weighted by Gasteiger charge is 2.32. The van der Waals surface area contributed by atoms with Crippen LogP contribution in [0.4, 0.5) is 0 Å². The molecule has 0 aliphatic carbocycles. The Hall–Kier alpha value is -4.70. The maximum Gasteiger partial charge on any atom is 0.271 e. The fourth-order valence-electron chi connectivity index (χ4n) is 5.69. The van der Waals surface area contributed by atoms with E-state index < -0.39 is 65.7 Å². The van der Waals surface area contributed by atoms with Gasteiger partial charge in [-0.3, -0.25) is 28.8 Å². The number of thiazole rings is 1. The molecule has 1 aliphatic heterocycles. The summed E-state index contributed by atoms with van der Waals surface area (Å²) in [6, 6.07) is 6.88. The highest BCUT2D eigenvalue weighted by Crippen LogP contribution is 2.25. The maximum absolute atomic E-state index is 14.0. The van der Waals surface area contributed by atoms with Gasteiger partial charge in [0.2, 0.25) is 23.6 Å². The summed E-state index contributed by atoms with van der Waals surface area (Å²) in [6.45, 7) is 6.68. The van der Waals surface area contributed by atoms with Gasteiger partial charge in [0, 0.05) is 24.3 Å². The zero-order valence-corrected chi connectivity index (χ0v) is 31.7. The molecule has 0 unspecified atom stereocenters. The number of benzene rings is 1. The molecule has 280 valence electrons. The van der Waals surface area contributed by atoms with Crippen molar-refractivity contribution in [2.75, 3.05) is 25.1 Å². The third-order valence-electron chi connectivity index (χ3n) is 8.61. The van der Waals surface area contributed by atoms with Crippen LogP contribution in [0.2, 0.25) is 0 Å². The average molecular weight is 753 g/mol. The van der Waals surface area contributed by atoms with Gasteiger partial charge in [-0.25, -0.2) is 4.98 Å². The van der Waals surface area contributed by atoms with Crippen LogP contribution in [0.3, 0.4) is 0 Å². The van der Waals surface area contributed by atoms with Crippen LogP contribution in [0.15, 0.2) is 54.2 Å². The smallest absolute Gasteiger partial charge is 0.271 e. The van der Waals surface area contributed by atoms with Crippen molar-refractivity contribution in [3.8, 4) is 0 Å². The third-order valence-corrected chi connectivity index (χ3v) is 10.2. The molecule has 4 rings (SSSR count). The number of amides is 6. The summed E-state index contributed by atoms with van der Waals surface area (Å²) >= 11 is 2.70. The zero-order chi connectivity index (χ0) is 37.8. The van der Waals surface area contributed by atoms with Crippen molar-refractivity contribution >= 4 is 58.5 Å². The summed E-state index contributed by atoms with van der Waals surface area (Å²) in [6.07, 6.45) is 5.91. The molecule has 0 spiro atoms. The lowest BCUT2D eigenvalue weighted by molar-refractivity contribution is -0.132. The van der Waals surface area contributed by atoms with Gasteiger partial charge in [-0.1, -0.05) is 51.1 Å². The molecule has 2 bridgehead atoms. The molecule has 0 saturated carbocycles. The molecule has 1 aliphatic rings. The first-order valence-corrected chi connectivity index (χ1v) is 19.6. The molecule has 14 nitrogen and oxygen atoms in total. The highest BCUT2D eigenvalue weighted by molar-refractivity contribution is 7.98. The average Bonchev–Trinajstić information content (AvgIpc) is 3.84. The topological polar surface area (TPSA) is 194 Å². The Morgan fingerprint density at radius 1 is 0.962 bits per heavy atom. The molecule has 16 heteroatoms. The number of nitrogens with zero attached hydrogens (tertiary/aromatic N) is 2. The van der Waals surface area contributed by atoms with Crippen molar-refractivity contribution in [1.82, 2.24) is 41.5 Å². The third kappa shape index (κ3) is 11.1. The lowest BCUT2D eigenvalue weighted by Gasteiger charge is -2.30. The van der Waals surface area contributed by atoms with Gasteiger partial charge in [-0.05, 0) is 55.7 Å². The zero-order valence-electron chi connectivity index (χ0n) is 30.1. The van der Waals surface area contributed by atoms with E-state index in [1.165, 1.54) is 34.9 Å². The fourth-order valence-corrected chi connectivity index (χ4v) is 7.18. The van der Waals surface area contributed by atoms with Gasteiger partial charge in [0.25, 0.3) is 11.8 Å². The Bertz CT molecular complexity index is 1680. The second-order valence-corrected chi connectivity index (χ2v) is 14.9. The van der Waals surface area contributed by atoms with Crippen molar-refractivity contribution < 1.29 is 28.8 Å². The molecule has 5 atom stereocenters. The van der Waals surface area contributed by atoms with Gasteiger partial charge in [-0.2, -0.15) is 11.8 Å². The number of aromatic amines is 1. The van der Waals surface area contributed by atoms with E-state index in [1.807, 2.05) is 50.4 Å². The summed E-state index contributed by atoms with van der Waals surface area (Å²) in [5, 5.41) is 16.2. The Morgan fingerprint density at radius 3 is 2.33 bits per heavy atom. The highest BCUT2D eigenvalue weighted by atomic mass is 32.2. The van der Waals surface area contributed by atoms with Crippen molar-refractivity contribution in [1.29, 1.82) is 0 Å². The number of thioether (sulfide) groups is 1. The summed E-state index contributed by atoms with van der Waals surface area (Å²) in [7, 11) is 0. The molecule has 6 N–H and O–H groups in total. The molecule has 0 radical (unpaired) electrons. The van der Waals surface area contributed by atoms with Gasteiger partial charge < -0.3 is 36.5 Å². The largest absolute Gasteiger partial charge is 0.367 e. The van der Waals surface area contributed by atoms with Crippen LogP contribution in [0.25, 0.3) is 0 Å². The van der Waals surface area contributed by atoms with E-state index in [1.54, 1.807) is 30.8 Å². The lowest BCUT2D eigenvalue weighted by Crippen LogP contribution is -2.58. The molecule has 1 aromatic carbocycles. The van der Waals surface area contributed by atoms with E-state index in [2.05, 4.69) is 36.6 Å². The summed E-state index contributed by atoms with van der Waals surface area (Å²) in [4.78, 5) is 90.3. The lowest BCUT2D eigenvalue weighted by atomic mass is 10.0. The normalized spacial score (nSPS) is 22.8. The Balaban J connectivity index is 1.74. The van der Waals surface area contributed by atoms with Gasteiger partial charge in [0.15, 0.2) is 0 Å². The molecular weight excluding hydrogens is 705 g/mol. The first kappa shape index (κ1) is 40.1. The summed E-state index contributed by atoms with van der Waals surface area (Å²) < 4.78 is 0. The Labute approximate surface area is 312 Å². The Kier molecular flexibility index (Phi) is 14.8. The fraction of sp³-hybridized carbons (Fsp3) is 0.472. The number of rotatable bonds is 8. The van der Waals surface area contributed by atoms with Crippen LogP contribution < -0.4 is 26.6 Å². The van der Waals surface area contributed by atoms with Crippen molar-refractivity contribution in [3.63, 3.8) is 0 Å². The second-order valence-electron chi connectivity index (χ2n) is 13.0. The molecule has 3 aromatic rings. The molecule has 52 heavy (non-hydrogen) atoms. The van der Waals surface area contributed by atoms with Crippen molar-refractivity contribution in [3.05, 3.63) is 76.0 Å². The predicted molar refractivity (Wildman–Crippen MR) is 201 cm³/mol. The number of hydrogen-bond acceptors (Lipinski definition) is 9. The van der Waals surface area contributed by atoms with Gasteiger partial charge >= 0.3 is 0 Å². The van der Waals surface area contributed by atoms with Crippen LogP contribution in [0.5, 0.6) is 0 Å². The molecule has 2 aromatic heterocycles. The van der Waals surface area contributed by atoms with Crippen LogP contribution in [0.1, 0.15) is 78.0 Å². The summed E-state index contributed by atoms with van der Waals surface area (Å²) in [5.41, 5.74) is 1.31. The van der Waals surface area contributed by atoms with Crippen LogP contribution in [-0.4, -0.2) is 99.6 Å². The van der Waals surface area contributed by atoms with E-state index in [0.717, 1.165) is 5.56 Å². The molecular formula is C36H48N8O6S2. The maximum atomic E-state index is 14.0. The van der Waals surface area contributed by atoms with Crippen LogP contribution in [-0.2, 0) is 25.6 Å². The standard InChI is InChI=1S/C36H48N8O6S2/c1-6-26-32(47)41-27(13-15-51-5)33(48)39-25(16-23-10-8-7-9-11-23)18-44(36(50)24-12-14-37-17-24)19-29(45)43-30(21(2)3)35-42-28(20-52-35)34(49)38-22(4)31(46)40-26/h7-12,14,17,20-22,25-27,30,37H,6,13,15-16,18-19H2,1-5H3,(H,38,49)(H,39,48)(H,40,46)(H,41,47)(H,43,45)/t22-,25+,26+,27+,30+/m1/s1. The Morgan fingerprint density at radius 2 is 1.67 bits per heavy atom. The second kappa shape index (κ2) is 19.2.